The molecule has 0 spiro atoms. The number of benzene rings is 2. The summed E-state index contributed by atoms with van der Waals surface area (Å²) in [7, 11) is 4.76. The molecule has 0 bridgehead atoms. The van der Waals surface area contributed by atoms with Gasteiger partial charge in [0.15, 0.2) is 11.5 Å². The van der Waals surface area contributed by atoms with Crippen LogP contribution in [0.15, 0.2) is 47.6 Å². The average molecular weight is 439 g/mol. The standard InChI is InChI=1S/C24H26FN3O4/c1-27(24(30)16-4-5-16)14-23(29)28-20(17-8-11-21(31-2)22(12-17)32-3)13-19(26-28)15-6-9-18(25)10-7-15/h6-12,16,20H,4-5,13-14H2,1-3H3/t20-/m0/s1. The number of carbonyl (C=O) groups excluding carboxylic acids is 2. The van der Waals surface area contributed by atoms with Gasteiger partial charge < -0.3 is 14.4 Å². The van der Waals surface area contributed by atoms with E-state index in [1.54, 1.807) is 39.5 Å². The largest absolute Gasteiger partial charge is 0.493 e. The summed E-state index contributed by atoms with van der Waals surface area (Å²) in [6.07, 6.45) is 2.21. The fraction of sp³-hybridized carbons (Fsp3) is 0.375. The van der Waals surface area contributed by atoms with Crippen LogP contribution in [-0.4, -0.2) is 55.2 Å². The summed E-state index contributed by atoms with van der Waals surface area (Å²) in [5.74, 6) is 0.541. The molecule has 7 nitrogen and oxygen atoms in total. The minimum atomic E-state index is -0.383. The van der Waals surface area contributed by atoms with E-state index >= 15 is 0 Å². The van der Waals surface area contributed by atoms with Crippen LogP contribution in [0, 0.1) is 11.7 Å². The van der Waals surface area contributed by atoms with Gasteiger partial charge in [-0.15, -0.1) is 0 Å². The van der Waals surface area contributed by atoms with Crippen molar-refractivity contribution < 1.29 is 23.5 Å². The van der Waals surface area contributed by atoms with Crippen LogP contribution < -0.4 is 9.47 Å². The topological polar surface area (TPSA) is 71.4 Å². The maximum absolute atomic E-state index is 13.4. The summed E-state index contributed by atoms with van der Waals surface area (Å²) in [4.78, 5) is 27.0. The third-order valence-electron chi connectivity index (χ3n) is 5.81. The van der Waals surface area contributed by atoms with Crippen molar-refractivity contribution in [2.24, 2.45) is 11.0 Å². The number of hydrazone groups is 1. The molecule has 2 aromatic rings. The zero-order valence-electron chi connectivity index (χ0n) is 18.4. The van der Waals surface area contributed by atoms with Crippen LogP contribution in [0.1, 0.15) is 36.4 Å². The van der Waals surface area contributed by atoms with Crippen molar-refractivity contribution in [2.45, 2.75) is 25.3 Å². The molecule has 1 heterocycles. The first-order chi connectivity index (χ1) is 15.4. The lowest BCUT2D eigenvalue weighted by atomic mass is 9.98. The zero-order valence-corrected chi connectivity index (χ0v) is 18.4. The van der Waals surface area contributed by atoms with Crippen molar-refractivity contribution in [1.82, 2.24) is 9.91 Å². The molecule has 0 unspecified atom stereocenters. The van der Waals surface area contributed by atoms with E-state index in [4.69, 9.17) is 9.47 Å². The monoisotopic (exact) mass is 439 g/mol. The van der Waals surface area contributed by atoms with Crippen molar-refractivity contribution >= 4 is 17.5 Å². The molecule has 2 aliphatic rings. The van der Waals surface area contributed by atoms with E-state index in [1.807, 2.05) is 12.1 Å². The summed E-state index contributed by atoms with van der Waals surface area (Å²) in [6.45, 7) is -0.0562. The maximum atomic E-state index is 13.4. The molecule has 1 fully saturated rings. The van der Waals surface area contributed by atoms with Gasteiger partial charge in [-0.25, -0.2) is 9.40 Å². The fourth-order valence-electron chi connectivity index (χ4n) is 3.87. The van der Waals surface area contributed by atoms with E-state index in [0.29, 0.717) is 23.6 Å². The Balaban J connectivity index is 1.63. The van der Waals surface area contributed by atoms with Crippen LogP contribution >= 0.6 is 0 Å². The number of likely N-dealkylation sites (N-methyl/N-ethyl adjacent to an activating group) is 1. The Kier molecular flexibility index (Phi) is 6.12. The Morgan fingerprint density at radius 2 is 1.78 bits per heavy atom. The molecule has 2 amide bonds. The van der Waals surface area contributed by atoms with Gasteiger partial charge in [0.05, 0.1) is 26.0 Å². The lowest BCUT2D eigenvalue weighted by molar-refractivity contribution is -0.141. The molecule has 8 heteroatoms. The first-order valence-corrected chi connectivity index (χ1v) is 10.5. The van der Waals surface area contributed by atoms with Gasteiger partial charge >= 0.3 is 0 Å². The molecular weight excluding hydrogens is 413 g/mol. The van der Waals surface area contributed by atoms with Gasteiger partial charge in [0.1, 0.15) is 12.4 Å². The second-order valence-electron chi connectivity index (χ2n) is 8.09. The first kappa shape index (κ1) is 21.8. The van der Waals surface area contributed by atoms with E-state index in [-0.39, 0.29) is 36.1 Å². The van der Waals surface area contributed by atoms with Crippen LogP contribution in [0.3, 0.4) is 0 Å². The van der Waals surface area contributed by atoms with Crippen LogP contribution in [0.25, 0.3) is 0 Å². The van der Waals surface area contributed by atoms with E-state index in [0.717, 1.165) is 24.0 Å². The fourth-order valence-corrected chi connectivity index (χ4v) is 3.87. The van der Waals surface area contributed by atoms with E-state index in [1.165, 1.54) is 22.0 Å². The normalized spacial score (nSPS) is 17.7. The minimum absolute atomic E-state index is 0.0112. The molecule has 2 aromatic carbocycles. The van der Waals surface area contributed by atoms with E-state index < -0.39 is 0 Å². The molecule has 168 valence electrons. The van der Waals surface area contributed by atoms with Crippen LogP contribution in [-0.2, 0) is 9.59 Å². The molecule has 0 radical (unpaired) electrons. The second-order valence-corrected chi connectivity index (χ2v) is 8.09. The lowest BCUT2D eigenvalue weighted by Gasteiger charge is -2.25. The van der Waals surface area contributed by atoms with Crippen LogP contribution in [0.2, 0.25) is 0 Å². The molecule has 4 rings (SSSR count). The van der Waals surface area contributed by atoms with Gasteiger partial charge in [-0.1, -0.05) is 18.2 Å². The number of methoxy groups -OCH3 is 2. The summed E-state index contributed by atoms with van der Waals surface area (Å²) < 4.78 is 24.1. The van der Waals surface area contributed by atoms with Gasteiger partial charge in [0, 0.05) is 19.4 Å². The number of halogens is 1. The molecule has 0 aromatic heterocycles. The number of hydrogen-bond acceptors (Lipinski definition) is 5. The Labute approximate surface area is 186 Å². The lowest BCUT2D eigenvalue weighted by Crippen LogP contribution is -2.39. The number of hydrogen-bond donors (Lipinski definition) is 0. The molecule has 1 aliphatic heterocycles. The van der Waals surface area contributed by atoms with Crippen molar-refractivity contribution in [2.75, 3.05) is 27.8 Å². The van der Waals surface area contributed by atoms with E-state index in [2.05, 4.69) is 5.10 Å². The molecule has 32 heavy (non-hydrogen) atoms. The summed E-state index contributed by atoms with van der Waals surface area (Å²) >= 11 is 0. The quantitative estimate of drug-likeness (QED) is 0.663. The van der Waals surface area contributed by atoms with Gasteiger partial charge in [0.2, 0.25) is 5.91 Å². The Morgan fingerprint density at radius 1 is 1.09 bits per heavy atom. The SMILES string of the molecule is COc1ccc([C@@H]2CC(c3ccc(F)cc3)=NN2C(=O)CN(C)C(=O)C2CC2)cc1OC. The van der Waals surface area contributed by atoms with E-state index in [9.17, 15) is 14.0 Å². The zero-order chi connectivity index (χ0) is 22.8. The predicted octanol–water partition coefficient (Wildman–Crippen LogP) is 3.39. The third-order valence-corrected chi connectivity index (χ3v) is 5.81. The van der Waals surface area contributed by atoms with Crippen molar-refractivity contribution in [1.29, 1.82) is 0 Å². The number of rotatable bonds is 7. The number of amides is 2. The first-order valence-electron chi connectivity index (χ1n) is 10.5. The maximum Gasteiger partial charge on any atom is 0.262 e. The van der Waals surface area contributed by atoms with Crippen molar-refractivity contribution in [3.63, 3.8) is 0 Å². The summed E-state index contributed by atoms with van der Waals surface area (Å²) in [5.41, 5.74) is 2.25. The molecular formula is C24H26FN3O4. The minimum Gasteiger partial charge on any atom is -0.493 e. The highest BCUT2D eigenvalue weighted by molar-refractivity contribution is 6.03. The predicted molar refractivity (Wildman–Crippen MR) is 117 cm³/mol. The molecule has 1 atom stereocenters. The smallest absolute Gasteiger partial charge is 0.262 e. The van der Waals surface area contributed by atoms with Crippen LogP contribution in [0.4, 0.5) is 4.39 Å². The van der Waals surface area contributed by atoms with Gasteiger partial charge in [-0.3, -0.25) is 9.59 Å². The van der Waals surface area contributed by atoms with Crippen molar-refractivity contribution in [3.05, 3.63) is 59.4 Å². The summed E-state index contributed by atoms with van der Waals surface area (Å²) in [5, 5.41) is 6.01. The average Bonchev–Trinajstić information content (AvgIpc) is 3.56. The number of carbonyl (C=O) groups is 2. The Bertz CT molecular complexity index is 1050. The molecule has 0 N–H and O–H groups in total. The van der Waals surface area contributed by atoms with Gasteiger partial charge in [-0.05, 0) is 48.2 Å². The van der Waals surface area contributed by atoms with Crippen LogP contribution in [0.5, 0.6) is 11.5 Å². The highest BCUT2D eigenvalue weighted by Crippen LogP contribution is 2.37. The number of ether oxygens (including phenoxy) is 2. The van der Waals surface area contributed by atoms with Crippen molar-refractivity contribution in [3.8, 4) is 11.5 Å². The second kappa shape index (κ2) is 8.98. The van der Waals surface area contributed by atoms with Gasteiger partial charge in [0.25, 0.3) is 5.91 Å². The molecule has 1 saturated carbocycles. The molecule has 1 aliphatic carbocycles. The Morgan fingerprint density at radius 3 is 2.41 bits per heavy atom. The highest BCUT2D eigenvalue weighted by atomic mass is 19.1. The number of nitrogens with zero attached hydrogens (tertiary/aromatic N) is 3. The third kappa shape index (κ3) is 4.44. The van der Waals surface area contributed by atoms with Gasteiger partial charge in [-0.2, -0.15) is 5.10 Å². The molecule has 0 saturated heterocycles. The summed E-state index contributed by atoms with van der Waals surface area (Å²) in [6, 6.07) is 11.1. The Hall–Kier alpha value is -3.42. The highest BCUT2D eigenvalue weighted by Gasteiger charge is 2.37.